The fraction of sp³-hybridized carbons (Fsp3) is 0.211. The van der Waals surface area contributed by atoms with E-state index in [9.17, 15) is 8.42 Å². The van der Waals surface area contributed by atoms with Crippen molar-refractivity contribution in [3.8, 4) is 5.75 Å². The van der Waals surface area contributed by atoms with Gasteiger partial charge in [-0.3, -0.25) is 0 Å². The first kappa shape index (κ1) is 17.2. The second kappa shape index (κ2) is 7.98. The Bertz CT molecular complexity index is 874. The van der Waals surface area contributed by atoms with Crippen molar-refractivity contribution < 1.29 is 13.2 Å². The molecule has 0 bridgehead atoms. The van der Waals surface area contributed by atoms with Gasteiger partial charge in [-0.2, -0.15) is 0 Å². The average molecular weight is 356 g/mol. The van der Waals surface area contributed by atoms with Crippen LogP contribution in [-0.4, -0.2) is 30.3 Å². The molecule has 0 saturated heterocycles. The third-order valence-corrected chi connectivity index (χ3v) is 5.59. The van der Waals surface area contributed by atoms with Crippen LogP contribution < -0.4 is 4.74 Å². The molecule has 1 heterocycles. The number of nitrogens with zero attached hydrogens (tertiary/aromatic N) is 2. The summed E-state index contributed by atoms with van der Waals surface area (Å²) in [6, 6.07) is 16.3. The van der Waals surface area contributed by atoms with E-state index in [1.807, 2.05) is 35.0 Å². The molecule has 130 valence electrons. The highest BCUT2D eigenvalue weighted by atomic mass is 32.2. The van der Waals surface area contributed by atoms with Crippen molar-refractivity contribution in [3.63, 3.8) is 0 Å². The second-order valence-corrected chi connectivity index (χ2v) is 7.82. The maximum Gasteiger partial charge on any atom is 0.178 e. The molecule has 0 aliphatic rings. The number of hydrogen-bond acceptors (Lipinski definition) is 4. The molecule has 0 N–H and O–H groups in total. The molecule has 1 aromatic heterocycles. The van der Waals surface area contributed by atoms with E-state index in [2.05, 4.69) is 4.98 Å². The summed E-state index contributed by atoms with van der Waals surface area (Å²) in [6.45, 7) is 1.13. The Labute approximate surface area is 147 Å². The lowest BCUT2D eigenvalue weighted by Crippen LogP contribution is -2.10. The van der Waals surface area contributed by atoms with Crippen molar-refractivity contribution in [2.24, 2.45) is 0 Å². The maximum atomic E-state index is 12.2. The minimum atomic E-state index is -3.24. The minimum absolute atomic E-state index is 0.0791. The Morgan fingerprint density at radius 1 is 1.00 bits per heavy atom. The molecule has 25 heavy (non-hydrogen) atoms. The van der Waals surface area contributed by atoms with Crippen LogP contribution in [0.25, 0.3) is 0 Å². The lowest BCUT2D eigenvalue weighted by Gasteiger charge is -2.08. The average Bonchev–Trinajstić information content (AvgIpc) is 3.14. The summed E-state index contributed by atoms with van der Waals surface area (Å²) in [5, 5.41) is 0. The van der Waals surface area contributed by atoms with E-state index >= 15 is 0 Å². The molecule has 0 saturated carbocycles. The van der Waals surface area contributed by atoms with Crippen LogP contribution in [0.3, 0.4) is 0 Å². The highest BCUT2D eigenvalue weighted by Gasteiger charge is 2.13. The Hall–Kier alpha value is -2.60. The van der Waals surface area contributed by atoms with Crippen molar-refractivity contribution in [1.29, 1.82) is 0 Å². The first-order valence-corrected chi connectivity index (χ1v) is 9.74. The molecule has 0 unspecified atom stereocenters. The molecule has 5 nitrogen and oxygen atoms in total. The van der Waals surface area contributed by atoms with Crippen LogP contribution in [0, 0.1) is 0 Å². The van der Waals surface area contributed by atoms with Crippen molar-refractivity contribution in [3.05, 3.63) is 78.9 Å². The summed E-state index contributed by atoms with van der Waals surface area (Å²) in [4.78, 5) is 4.38. The summed E-state index contributed by atoms with van der Waals surface area (Å²) >= 11 is 0. The van der Waals surface area contributed by atoms with Crippen molar-refractivity contribution in [1.82, 2.24) is 9.55 Å². The molecule has 0 radical (unpaired) electrons. The highest BCUT2D eigenvalue weighted by Crippen LogP contribution is 2.15. The predicted molar refractivity (Wildman–Crippen MR) is 96.4 cm³/mol. The molecule has 3 aromatic rings. The molecule has 0 atom stereocenters. The van der Waals surface area contributed by atoms with Gasteiger partial charge in [-0.05, 0) is 36.2 Å². The summed E-state index contributed by atoms with van der Waals surface area (Å²) in [6.07, 6.45) is 5.89. The van der Waals surface area contributed by atoms with Crippen LogP contribution in [0.2, 0.25) is 0 Å². The highest BCUT2D eigenvalue weighted by molar-refractivity contribution is 7.91. The van der Waals surface area contributed by atoms with Crippen LogP contribution in [0.4, 0.5) is 0 Å². The zero-order valence-electron chi connectivity index (χ0n) is 13.8. The van der Waals surface area contributed by atoms with Crippen LogP contribution in [0.1, 0.15) is 12.0 Å². The molecular weight excluding hydrogens is 336 g/mol. The van der Waals surface area contributed by atoms with Gasteiger partial charge in [0.2, 0.25) is 0 Å². The van der Waals surface area contributed by atoms with Gasteiger partial charge in [0.1, 0.15) is 5.75 Å². The Morgan fingerprint density at radius 2 is 1.76 bits per heavy atom. The molecular formula is C19H20N2O3S. The zero-order valence-corrected chi connectivity index (χ0v) is 14.6. The van der Waals surface area contributed by atoms with E-state index in [0.717, 1.165) is 17.9 Å². The van der Waals surface area contributed by atoms with Gasteiger partial charge in [0.05, 0.1) is 23.6 Å². The smallest absolute Gasteiger partial charge is 0.178 e. The quantitative estimate of drug-likeness (QED) is 0.582. The standard InChI is InChI=1S/C19H20N2O3S/c22-25(23,19-5-2-1-3-6-19)14-4-13-24-18-9-7-17(8-10-18)15-21-12-11-20-16-21/h1-3,5-12,16H,4,13-15H2. The molecule has 3 rings (SSSR count). The van der Waals surface area contributed by atoms with Gasteiger partial charge in [-0.1, -0.05) is 30.3 Å². The maximum absolute atomic E-state index is 12.2. The normalized spacial score (nSPS) is 11.4. The number of imidazole rings is 1. The molecule has 0 amide bonds. The van der Waals surface area contributed by atoms with Gasteiger partial charge in [0.25, 0.3) is 0 Å². The first-order valence-electron chi connectivity index (χ1n) is 8.09. The third kappa shape index (κ3) is 4.93. The summed E-state index contributed by atoms with van der Waals surface area (Å²) in [5.74, 6) is 0.821. The Kier molecular flexibility index (Phi) is 5.50. The van der Waals surface area contributed by atoms with Crippen molar-refractivity contribution in [2.75, 3.05) is 12.4 Å². The lowest BCUT2D eigenvalue weighted by molar-refractivity contribution is 0.317. The van der Waals surface area contributed by atoms with Crippen molar-refractivity contribution in [2.45, 2.75) is 17.9 Å². The van der Waals surface area contributed by atoms with Gasteiger partial charge in [-0.25, -0.2) is 13.4 Å². The molecule has 0 spiro atoms. The zero-order chi connectivity index (χ0) is 17.5. The molecule has 2 aromatic carbocycles. The molecule has 0 aliphatic carbocycles. The summed E-state index contributed by atoms with van der Waals surface area (Å²) in [7, 11) is -3.24. The van der Waals surface area contributed by atoms with E-state index in [1.165, 1.54) is 0 Å². The van der Waals surface area contributed by atoms with E-state index in [1.54, 1.807) is 42.9 Å². The van der Waals surface area contributed by atoms with Crippen LogP contribution in [-0.2, 0) is 16.4 Å². The Morgan fingerprint density at radius 3 is 2.44 bits per heavy atom. The summed E-state index contributed by atoms with van der Waals surface area (Å²) in [5.41, 5.74) is 1.15. The Balaban J connectivity index is 1.46. The van der Waals surface area contributed by atoms with E-state index in [-0.39, 0.29) is 5.75 Å². The van der Waals surface area contributed by atoms with Gasteiger partial charge < -0.3 is 9.30 Å². The third-order valence-electron chi connectivity index (χ3n) is 3.78. The number of sulfone groups is 1. The SMILES string of the molecule is O=S(=O)(CCCOc1ccc(Cn2ccnc2)cc1)c1ccccc1. The first-order chi connectivity index (χ1) is 12.1. The van der Waals surface area contributed by atoms with Crippen LogP contribution >= 0.6 is 0 Å². The number of rotatable bonds is 8. The summed E-state index contributed by atoms with van der Waals surface area (Å²) < 4.78 is 32.0. The topological polar surface area (TPSA) is 61.2 Å². The lowest BCUT2D eigenvalue weighted by atomic mass is 10.2. The predicted octanol–water partition coefficient (Wildman–Crippen LogP) is 3.17. The van der Waals surface area contributed by atoms with Gasteiger partial charge in [0, 0.05) is 18.9 Å². The van der Waals surface area contributed by atoms with Gasteiger partial charge >= 0.3 is 0 Å². The van der Waals surface area contributed by atoms with Gasteiger partial charge in [0.15, 0.2) is 9.84 Å². The number of ether oxygens (including phenoxy) is 1. The number of aromatic nitrogens is 2. The molecule has 0 fully saturated rings. The number of benzene rings is 2. The monoisotopic (exact) mass is 356 g/mol. The second-order valence-electron chi connectivity index (χ2n) is 5.71. The van der Waals surface area contributed by atoms with E-state index in [4.69, 9.17) is 4.74 Å². The number of hydrogen-bond donors (Lipinski definition) is 0. The van der Waals surface area contributed by atoms with E-state index < -0.39 is 9.84 Å². The molecule has 0 aliphatic heterocycles. The largest absolute Gasteiger partial charge is 0.494 e. The van der Waals surface area contributed by atoms with Gasteiger partial charge in [-0.15, -0.1) is 0 Å². The minimum Gasteiger partial charge on any atom is -0.494 e. The van der Waals surface area contributed by atoms with Crippen molar-refractivity contribution >= 4 is 9.84 Å². The fourth-order valence-corrected chi connectivity index (χ4v) is 3.77. The van der Waals surface area contributed by atoms with E-state index in [0.29, 0.717) is 17.9 Å². The fourth-order valence-electron chi connectivity index (χ4n) is 2.47. The van der Waals surface area contributed by atoms with Crippen LogP contribution in [0.15, 0.2) is 78.2 Å². The van der Waals surface area contributed by atoms with Crippen LogP contribution in [0.5, 0.6) is 5.75 Å². The molecule has 6 heteroatoms.